The van der Waals surface area contributed by atoms with Gasteiger partial charge in [-0.1, -0.05) is 99.6 Å². The van der Waals surface area contributed by atoms with Gasteiger partial charge in [0.05, 0.1) is 11.4 Å². The van der Waals surface area contributed by atoms with Crippen LogP contribution in [0.3, 0.4) is 0 Å². The molecule has 1 heterocycles. The minimum Gasteiger partial charge on any atom is -0.507 e. The molecule has 0 aliphatic heterocycles. The van der Waals surface area contributed by atoms with E-state index in [1.807, 2.05) is 48.5 Å². The monoisotopic (exact) mass is 429 g/mol. The fraction of sp³-hybridized carbons (Fsp3) is 0.129. The molecule has 162 valence electrons. The van der Waals surface area contributed by atoms with Crippen molar-refractivity contribution in [1.82, 2.24) is 4.98 Å². The molecule has 1 aromatic heterocycles. The number of pyridine rings is 1. The number of aromatic nitrogens is 1. The van der Waals surface area contributed by atoms with Gasteiger partial charge in [0.1, 0.15) is 5.75 Å². The molecular weight excluding hydrogens is 402 g/mol. The van der Waals surface area contributed by atoms with Crippen LogP contribution in [0.5, 0.6) is 5.75 Å². The number of hydrogen-bond acceptors (Lipinski definition) is 2. The molecule has 0 bridgehead atoms. The second kappa shape index (κ2) is 8.22. The Kier molecular flexibility index (Phi) is 5.22. The molecule has 0 aliphatic rings. The highest BCUT2D eigenvalue weighted by atomic mass is 16.3. The van der Waals surface area contributed by atoms with Gasteiger partial charge in [-0.15, -0.1) is 0 Å². The number of fused-ring (bicyclic) bond motifs is 1. The number of hydrogen-bond donors (Lipinski definition) is 1. The van der Waals surface area contributed by atoms with Gasteiger partial charge in [0.2, 0.25) is 0 Å². The normalized spacial score (nSPS) is 11.6. The van der Waals surface area contributed by atoms with Gasteiger partial charge in [-0.05, 0) is 51.6 Å². The lowest BCUT2D eigenvalue weighted by Gasteiger charge is -2.22. The number of aromatic hydroxyl groups is 1. The van der Waals surface area contributed by atoms with Crippen molar-refractivity contribution in [2.45, 2.75) is 26.2 Å². The minimum atomic E-state index is -0.0702. The minimum absolute atomic E-state index is 0.0702. The first-order valence-electron chi connectivity index (χ1n) is 11.3. The number of phenolic OH excluding ortho intramolecular Hbond substituents is 1. The van der Waals surface area contributed by atoms with Gasteiger partial charge in [0.15, 0.2) is 0 Å². The van der Waals surface area contributed by atoms with Crippen molar-refractivity contribution in [2.75, 3.05) is 0 Å². The number of benzene rings is 4. The summed E-state index contributed by atoms with van der Waals surface area (Å²) in [6.07, 6.45) is 0. The third kappa shape index (κ3) is 4.01. The topological polar surface area (TPSA) is 33.1 Å². The van der Waals surface area contributed by atoms with Crippen LogP contribution in [-0.2, 0) is 5.41 Å². The van der Waals surface area contributed by atoms with E-state index in [1.165, 1.54) is 10.8 Å². The van der Waals surface area contributed by atoms with Crippen molar-refractivity contribution in [3.8, 4) is 39.4 Å². The summed E-state index contributed by atoms with van der Waals surface area (Å²) in [4.78, 5) is 5.02. The molecular formula is C31H27NO. The van der Waals surface area contributed by atoms with Crippen LogP contribution >= 0.6 is 0 Å². The zero-order valence-corrected chi connectivity index (χ0v) is 19.2. The van der Waals surface area contributed by atoms with E-state index in [2.05, 4.69) is 75.4 Å². The van der Waals surface area contributed by atoms with Gasteiger partial charge in [-0.25, -0.2) is 4.98 Å². The van der Waals surface area contributed by atoms with Crippen molar-refractivity contribution < 1.29 is 5.11 Å². The molecule has 33 heavy (non-hydrogen) atoms. The Balaban J connectivity index is 1.72. The van der Waals surface area contributed by atoms with E-state index in [0.717, 1.165) is 39.2 Å². The molecule has 5 rings (SSSR count). The molecule has 0 aliphatic carbocycles. The molecule has 0 saturated carbocycles. The first-order chi connectivity index (χ1) is 15.9. The van der Waals surface area contributed by atoms with Crippen molar-refractivity contribution in [2.24, 2.45) is 0 Å². The van der Waals surface area contributed by atoms with Crippen molar-refractivity contribution in [1.29, 1.82) is 0 Å². The summed E-state index contributed by atoms with van der Waals surface area (Å²) in [5, 5.41) is 13.7. The number of phenols is 1. The third-order valence-electron chi connectivity index (χ3n) is 6.15. The maximum atomic E-state index is 11.4. The van der Waals surface area contributed by atoms with E-state index in [1.54, 1.807) is 0 Å². The van der Waals surface area contributed by atoms with E-state index in [9.17, 15) is 5.11 Å². The van der Waals surface area contributed by atoms with E-state index < -0.39 is 0 Å². The van der Waals surface area contributed by atoms with Gasteiger partial charge < -0.3 is 5.11 Å². The van der Waals surface area contributed by atoms with Crippen LogP contribution in [0.15, 0.2) is 103 Å². The molecule has 0 atom stereocenters. The predicted molar refractivity (Wildman–Crippen MR) is 138 cm³/mol. The number of rotatable bonds is 3. The molecule has 0 amide bonds. The van der Waals surface area contributed by atoms with Gasteiger partial charge >= 0.3 is 0 Å². The zero-order chi connectivity index (χ0) is 23.0. The second-order valence-corrected chi connectivity index (χ2v) is 9.47. The van der Waals surface area contributed by atoms with Crippen LogP contribution < -0.4 is 0 Å². The largest absolute Gasteiger partial charge is 0.507 e. The molecule has 0 saturated heterocycles. The fourth-order valence-corrected chi connectivity index (χ4v) is 4.28. The molecule has 0 unspecified atom stereocenters. The highest BCUT2D eigenvalue weighted by molar-refractivity contribution is 5.96. The fourth-order valence-electron chi connectivity index (χ4n) is 4.28. The quantitative estimate of drug-likeness (QED) is 0.313. The smallest absolute Gasteiger partial charge is 0.132 e. The molecule has 0 spiro atoms. The van der Waals surface area contributed by atoms with Crippen LogP contribution in [0.4, 0.5) is 0 Å². The summed E-state index contributed by atoms with van der Waals surface area (Å²) in [6, 6.07) is 34.9. The Labute approximate surface area is 195 Å². The highest BCUT2D eigenvalue weighted by Crippen LogP contribution is 2.42. The average Bonchev–Trinajstić information content (AvgIpc) is 2.84. The van der Waals surface area contributed by atoms with E-state index >= 15 is 0 Å². The van der Waals surface area contributed by atoms with Crippen molar-refractivity contribution in [3.05, 3.63) is 109 Å². The average molecular weight is 430 g/mol. The first kappa shape index (κ1) is 21.0. The SMILES string of the molecule is CC(C)(C)c1cc(-c2ccccc2)c(O)c(-c2cccc(-c3cccc4ccccc34)n2)c1. The summed E-state index contributed by atoms with van der Waals surface area (Å²) < 4.78 is 0. The molecule has 4 aromatic carbocycles. The molecule has 0 radical (unpaired) electrons. The summed E-state index contributed by atoms with van der Waals surface area (Å²) in [5.74, 6) is 0.261. The van der Waals surface area contributed by atoms with E-state index in [0.29, 0.717) is 0 Å². The summed E-state index contributed by atoms with van der Waals surface area (Å²) in [6.45, 7) is 6.58. The van der Waals surface area contributed by atoms with E-state index in [4.69, 9.17) is 4.98 Å². The third-order valence-corrected chi connectivity index (χ3v) is 6.15. The van der Waals surface area contributed by atoms with Crippen molar-refractivity contribution >= 4 is 10.8 Å². The molecule has 2 heteroatoms. The summed E-state index contributed by atoms with van der Waals surface area (Å²) in [7, 11) is 0. The van der Waals surface area contributed by atoms with E-state index in [-0.39, 0.29) is 11.2 Å². The van der Waals surface area contributed by atoms with Crippen LogP contribution in [-0.4, -0.2) is 10.1 Å². The van der Waals surface area contributed by atoms with Crippen LogP contribution in [0.1, 0.15) is 26.3 Å². The Morgan fingerprint density at radius 3 is 1.97 bits per heavy atom. The molecule has 0 fully saturated rings. The van der Waals surface area contributed by atoms with Crippen molar-refractivity contribution in [3.63, 3.8) is 0 Å². The Bertz CT molecular complexity index is 1440. The first-order valence-corrected chi connectivity index (χ1v) is 11.3. The lowest BCUT2D eigenvalue weighted by molar-refractivity contribution is 0.478. The van der Waals surface area contributed by atoms with Crippen LogP contribution in [0, 0.1) is 0 Å². The van der Waals surface area contributed by atoms with Gasteiger partial charge in [0, 0.05) is 16.7 Å². The highest BCUT2D eigenvalue weighted by Gasteiger charge is 2.21. The summed E-state index contributed by atoms with van der Waals surface area (Å²) >= 11 is 0. The Hall–Kier alpha value is -3.91. The van der Waals surface area contributed by atoms with Gasteiger partial charge in [-0.2, -0.15) is 0 Å². The lowest BCUT2D eigenvalue weighted by Crippen LogP contribution is -2.11. The summed E-state index contributed by atoms with van der Waals surface area (Å²) in [5.41, 5.74) is 6.41. The number of nitrogens with zero attached hydrogens (tertiary/aromatic N) is 1. The molecule has 1 N–H and O–H groups in total. The van der Waals surface area contributed by atoms with Gasteiger partial charge in [-0.3, -0.25) is 0 Å². The van der Waals surface area contributed by atoms with Crippen LogP contribution in [0.25, 0.3) is 44.4 Å². The second-order valence-electron chi connectivity index (χ2n) is 9.47. The predicted octanol–water partition coefficient (Wildman–Crippen LogP) is 8.24. The zero-order valence-electron chi connectivity index (χ0n) is 19.2. The molecule has 2 nitrogen and oxygen atoms in total. The van der Waals surface area contributed by atoms with Gasteiger partial charge in [0.25, 0.3) is 0 Å². The van der Waals surface area contributed by atoms with Crippen LogP contribution in [0.2, 0.25) is 0 Å². The Morgan fingerprint density at radius 1 is 0.606 bits per heavy atom. The standard InChI is InChI=1S/C31H27NO/c1-31(2,3)23-19-26(22-11-5-4-6-12-22)30(33)27(20-23)29-18-10-17-28(32-29)25-16-9-14-21-13-7-8-15-24(21)25/h4-20,33H,1-3H3. The maximum Gasteiger partial charge on any atom is 0.132 e. The Morgan fingerprint density at radius 2 is 1.21 bits per heavy atom. The maximum absolute atomic E-state index is 11.4. The molecule has 5 aromatic rings. The lowest BCUT2D eigenvalue weighted by atomic mass is 9.83.